The lowest BCUT2D eigenvalue weighted by Crippen LogP contribution is -1.88. The molecule has 0 unspecified atom stereocenters. The largest absolute Gasteiger partial charge is 0.325 e. The van der Waals surface area contributed by atoms with Gasteiger partial charge in [-0.3, -0.25) is 0 Å². The van der Waals surface area contributed by atoms with Gasteiger partial charge in [-0.15, -0.1) is 0 Å². The molecule has 2 aromatic heterocycles. The fraction of sp³-hybridized carbons (Fsp3) is 0.250. The van der Waals surface area contributed by atoms with E-state index in [-0.39, 0.29) is 0 Å². The molecule has 1 N–H and O–H groups in total. The molecule has 2 heterocycles. The molecule has 0 amide bonds. The topological polar surface area (TPSA) is 54.5 Å². The zero-order valence-corrected chi connectivity index (χ0v) is 9.23. The molecule has 0 spiro atoms. The van der Waals surface area contributed by atoms with Crippen molar-refractivity contribution in [1.82, 2.24) is 19.9 Å². The molecule has 0 fully saturated rings. The van der Waals surface area contributed by atoms with Gasteiger partial charge in [-0.1, -0.05) is 26.0 Å². The van der Waals surface area contributed by atoms with Crippen LogP contribution in [0.2, 0.25) is 0 Å². The van der Waals surface area contributed by atoms with Crippen LogP contribution in [0.3, 0.4) is 0 Å². The Hall–Kier alpha value is -1.97. The van der Waals surface area contributed by atoms with Crippen molar-refractivity contribution >= 4 is 22.3 Å². The molecule has 0 saturated carbocycles. The molecular formula is C12H12N4. The van der Waals surface area contributed by atoms with Crippen LogP contribution in [0.4, 0.5) is 0 Å². The van der Waals surface area contributed by atoms with Gasteiger partial charge in [0, 0.05) is 5.92 Å². The Bertz CT molecular complexity index is 602. The Balaban J connectivity index is 2.34. The van der Waals surface area contributed by atoms with Crippen LogP contribution in [0.15, 0.2) is 24.3 Å². The summed E-state index contributed by atoms with van der Waals surface area (Å²) in [6, 6.07) is 7.82. The lowest BCUT2D eigenvalue weighted by Gasteiger charge is -1.95. The van der Waals surface area contributed by atoms with Crippen LogP contribution in [0.25, 0.3) is 22.3 Å². The number of fused-ring (bicyclic) bond motifs is 2. The predicted octanol–water partition coefficient (Wildman–Crippen LogP) is 2.63. The van der Waals surface area contributed by atoms with Gasteiger partial charge >= 0.3 is 0 Å². The minimum atomic E-state index is 0.360. The van der Waals surface area contributed by atoms with Gasteiger partial charge in [-0.05, 0) is 12.1 Å². The molecule has 0 saturated heterocycles. The lowest BCUT2D eigenvalue weighted by atomic mass is 10.2. The molecule has 0 aliphatic carbocycles. The second-order valence-electron chi connectivity index (χ2n) is 4.16. The highest BCUT2D eigenvalue weighted by Gasteiger charge is 2.09. The van der Waals surface area contributed by atoms with Gasteiger partial charge in [-0.25, -0.2) is 15.0 Å². The van der Waals surface area contributed by atoms with Crippen LogP contribution in [-0.2, 0) is 0 Å². The first-order chi connectivity index (χ1) is 7.74. The van der Waals surface area contributed by atoms with E-state index in [1.165, 1.54) is 0 Å². The molecule has 0 bridgehead atoms. The van der Waals surface area contributed by atoms with Gasteiger partial charge in [0.25, 0.3) is 0 Å². The SMILES string of the molecule is CC(C)c1nc2nc3ccccc3nc2[nH]1. The quantitative estimate of drug-likeness (QED) is 0.674. The van der Waals surface area contributed by atoms with E-state index < -0.39 is 0 Å². The summed E-state index contributed by atoms with van der Waals surface area (Å²) in [6.07, 6.45) is 0. The summed E-state index contributed by atoms with van der Waals surface area (Å²) in [4.78, 5) is 16.6. The number of nitrogens with zero attached hydrogens (tertiary/aromatic N) is 3. The molecule has 3 aromatic rings. The van der Waals surface area contributed by atoms with E-state index >= 15 is 0 Å². The van der Waals surface area contributed by atoms with Gasteiger partial charge in [-0.2, -0.15) is 0 Å². The number of para-hydroxylation sites is 2. The number of imidazole rings is 1. The number of aromatic amines is 1. The molecule has 80 valence electrons. The van der Waals surface area contributed by atoms with Gasteiger partial charge in [0.05, 0.1) is 11.0 Å². The first-order valence-corrected chi connectivity index (χ1v) is 5.36. The summed E-state index contributed by atoms with van der Waals surface area (Å²) in [5.41, 5.74) is 3.25. The van der Waals surface area contributed by atoms with Gasteiger partial charge in [0.15, 0.2) is 11.3 Å². The molecule has 0 radical (unpaired) electrons. The van der Waals surface area contributed by atoms with E-state index in [0.717, 1.165) is 22.5 Å². The van der Waals surface area contributed by atoms with E-state index in [2.05, 4.69) is 33.8 Å². The Morgan fingerprint density at radius 3 is 2.38 bits per heavy atom. The molecule has 0 aliphatic rings. The fourth-order valence-electron chi connectivity index (χ4n) is 1.69. The third kappa shape index (κ3) is 1.34. The molecular weight excluding hydrogens is 200 g/mol. The van der Waals surface area contributed by atoms with E-state index in [1.54, 1.807) is 0 Å². The van der Waals surface area contributed by atoms with Crippen LogP contribution in [0.1, 0.15) is 25.6 Å². The zero-order valence-electron chi connectivity index (χ0n) is 9.23. The van der Waals surface area contributed by atoms with Gasteiger partial charge in [0.1, 0.15) is 5.82 Å². The van der Waals surface area contributed by atoms with Crippen molar-refractivity contribution in [3.8, 4) is 0 Å². The normalized spacial score (nSPS) is 11.7. The second kappa shape index (κ2) is 3.27. The minimum Gasteiger partial charge on any atom is -0.325 e. The molecule has 0 aliphatic heterocycles. The zero-order chi connectivity index (χ0) is 11.1. The number of hydrogen-bond acceptors (Lipinski definition) is 3. The summed E-state index contributed by atoms with van der Waals surface area (Å²) in [5, 5.41) is 0. The maximum absolute atomic E-state index is 4.50. The van der Waals surface area contributed by atoms with E-state index in [0.29, 0.717) is 11.6 Å². The highest BCUT2D eigenvalue weighted by atomic mass is 15.1. The van der Waals surface area contributed by atoms with Crippen molar-refractivity contribution in [2.24, 2.45) is 0 Å². The summed E-state index contributed by atoms with van der Waals surface area (Å²) in [6.45, 7) is 4.19. The average Bonchev–Trinajstić information content (AvgIpc) is 2.68. The number of H-pyrrole nitrogens is 1. The molecule has 4 nitrogen and oxygen atoms in total. The molecule has 4 heteroatoms. The maximum atomic E-state index is 4.50. The van der Waals surface area contributed by atoms with Crippen molar-refractivity contribution in [3.63, 3.8) is 0 Å². The summed E-state index contributed by atoms with van der Waals surface area (Å²) in [7, 11) is 0. The van der Waals surface area contributed by atoms with Crippen molar-refractivity contribution in [2.45, 2.75) is 19.8 Å². The Morgan fingerprint density at radius 2 is 1.69 bits per heavy atom. The van der Waals surface area contributed by atoms with Crippen LogP contribution in [0.5, 0.6) is 0 Å². The number of nitrogens with one attached hydrogen (secondary N) is 1. The van der Waals surface area contributed by atoms with Gasteiger partial charge in [0.2, 0.25) is 0 Å². The van der Waals surface area contributed by atoms with Crippen LogP contribution in [0, 0.1) is 0 Å². The first-order valence-electron chi connectivity index (χ1n) is 5.36. The van der Waals surface area contributed by atoms with E-state index in [4.69, 9.17) is 0 Å². The number of benzene rings is 1. The van der Waals surface area contributed by atoms with Gasteiger partial charge < -0.3 is 4.98 Å². The van der Waals surface area contributed by atoms with Crippen LogP contribution in [-0.4, -0.2) is 19.9 Å². The van der Waals surface area contributed by atoms with Crippen molar-refractivity contribution in [1.29, 1.82) is 0 Å². The number of aromatic nitrogens is 4. The number of rotatable bonds is 1. The average molecular weight is 212 g/mol. The molecule has 1 aromatic carbocycles. The number of hydrogen-bond donors (Lipinski definition) is 1. The third-order valence-electron chi connectivity index (χ3n) is 2.57. The van der Waals surface area contributed by atoms with Crippen molar-refractivity contribution in [3.05, 3.63) is 30.1 Å². The summed E-state index contributed by atoms with van der Waals surface area (Å²) in [5.74, 6) is 1.30. The van der Waals surface area contributed by atoms with Crippen molar-refractivity contribution < 1.29 is 0 Å². The lowest BCUT2D eigenvalue weighted by molar-refractivity contribution is 0.797. The molecule has 3 rings (SSSR count). The highest BCUT2D eigenvalue weighted by molar-refractivity contribution is 5.82. The minimum absolute atomic E-state index is 0.360. The van der Waals surface area contributed by atoms with Crippen molar-refractivity contribution in [2.75, 3.05) is 0 Å². The highest BCUT2D eigenvalue weighted by Crippen LogP contribution is 2.17. The predicted molar refractivity (Wildman–Crippen MR) is 63.3 cm³/mol. The smallest absolute Gasteiger partial charge is 0.198 e. The third-order valence-corrected chi connectivity index (χ3v) is 2.57. The summed E-state index contributed by atoms with van der Waals surface area (Å²) < 4.78 is 0. The summed E-state index contributed by atoms with van der Waals surface area (Å²) >= 11 is 0. The molecule has 16 heavy (non-hydrogen) atoms. The van der Waals surface area contributed by atoms with E-state index in [9.17, 15) is 0 Å². The standard InChI is InChI=1S/C12H12N4/c1-7(2)10-15-11-12(16-10)14-9-6-4-3-5-8(9)13-11/h3-7H,1-2H3,(H,13,14,15,16). The monoisotopic (exact) mass is 212 g/mol. The Kier molecular flexibility index (Phi) is 1.89. The first kappa shape index (κ1) is 9.27. The molecule has 0 atom stereocenters. The van der Waals surface area contributed by atoms with Crippen LogP contribution < -0.4 is 0 Å². The van der Waals surface area contributed by atoms with E-state index in [1.807, 2.05) is 24.3 Å². The maximum Gasteiger partial charge on any atom is 0.198 e. The Morgan fingerprint density at radius 1 is 1.00 bits per heavy atom. The fourth-order valence-corrected chi connectivity index (χ4v) is 1.69. The van der Waals surface area contributed by atoms with Crippen LogP contribution >= 0.6 is 0 Å². The second-order valence-corrected chi connectivity index (χ2v) is 4.16. The Labute approximate surface area is 92.8 Å².